The molecule has 1 saturated carbocycles. The van der Waals surface area contributed by atoms with Crippen molar-refractivity contribution in [1.29, 1.82) is 0 Å². The Balaban J connectivity index is 0.978. The van der Waals surface area contributed by atoms with E-state index in [1.165, 1.54) is 0 Å². The number of anilines is 2. The van der Waals surface area contributed by atoms with Gasteiger partial charge in [-0.1, -0.05) is 12.8 Å². The Bertz CT molecular complexity index is 823. The number of morpholine rings is 1. The number of unbranched alkanes of at least 4 members (excludes halogenated alkanes) is 3. The fourth-order valence-corrected chi connectivity index (χ4v) is 5.46. The molecule has 0 aromatic heterocycles. The van der Waals surface area contributed by atoms with Gasteiger partial charge in [0.25, 0.3) is 10.9 Å². The molecule has 1 aromatic carbocycles. The van der Waals surface area contributed by atoms with E-state index in [-0.39, 0.29) is 16.9 Å². The van der Waals surface area contributed by atoms with E-state index in [1.54, 1.807) is 0 Å². The number of piperidine rings is 1. The van der Waals surface area contributed by atoms with Crippen molar-refractivity contribution in [3.05, 3.63) is 20.4 Å². The summed E-state index contributed by atoms with van der Waals surface area (Å²) in [5.41, 5.74) is 0.203. The van der Waals surface area contributed by atoms with Gasteiger partial charge in [0, 0.05) is 45.4 Å². The first-order valence-electron chi connectivity index (χ1n) is 14.3. The molecule has 1 aliphatic carbocycles. The first kappa shape index (κ1) is 27.5. The van der Waals surface area contributed by atoms with E-state index in [9.17, 15) is 9.59 Å². The van der Waals surface area contributed by atoms with Crippen LogP contribution in [-0.2, 0) is 14.2 Å². The van der Waals surface area contributed by atoms with Crippen LogP contribution >= 0.6 is 0 Å². The van der Waals surface area contributed by atoms with Crippen molar-refractivity contribution in [1.82, 2.24) is 10.2 Å². The van der Waals surface area contributed by atoms with E-state index in [0.717, 1.165) is 130 Å². The Kier molecular flexibility index (Phi) is 11.5. The number of hydrogen-bond donors (Lipinski definition) is 3. The van der Waals surface area contributed by atoms with Gasteiger partial charge in [0.2, 0.25) is 0 Å². The predicted molar refractivity (Wildman–Crippen MR) is 143 cm³/mol. The minimum atomic E-state index is -0.383. The zero-order valence-corrected chi connectivity index (χ0v) is 21.9. The summed E-state index contributed by atoms with van der Waals surface area (Å²) in [4.78, 5) is 26.3. The second-order valence-corrected chi connectivity index (χ2v) is 10.5. The van der Waals surface area contributed by atoms with Gasteiger partial charge in [0.15, 0.2) is 0 Å². The number of nitrogens with one attached hydrogen (secondary N) is 3. The minimum Gasteiger partial charge on any atom is -0.380 e. The summed E-state index contributed by atoms with van der Waals surface area (Å²) < 4.78 is 17.6. The number of hydrogen-bond acceptors (Lipinski definition) is 9. The third-order valence-electron chi connectivity index (χ3n) is 7.77. The number of rotatable bonds is 15. The molecular formula is C27H46N4O5. The van der Waals surface area contributed by atoms with Gasteiger partial charge in [0.1, 0.15) is 11.4 Å². The molecule has 3 aliphatic rings. The largest absolute Gasteiger partial charge is 0.380 e. The first-order valence-corrected chi connectivity index (χ1v) is 14.3. The van der Waals surface area contributed by atoms with Crippen LogP contribution in [0.4, 0.5) is 11.4 Å². The highest BCUT2D eigenvalue weighted by Crippen LogP contribution is 2.24. The molecule has 3 fully saturated rings. The number of nitrogens with zero attached hydrogens (tertiary/aromatic N) is 1. The van der Waals surface area contributed by atoms with Gasteiger partial charge in [0.05, 0.1) is 32.0 Å². The average molecular weight is 507 g/mol. The van der Waals surface area contributed by atoms with E-state index in [4.69, 9.17) is 14.2 Å². The van der Waals surface area contributed by atoms with Crippen molar-refractivity contribution in [2.45, 2.75) is 82.5 Å². The summed E-state index contributed by atoms with van der Waals surface area (Å²) in [6.07, 6.45) is 11.5. The molecule has 2 saturated heterocycles. The summed E-state index contributed by atoms with van der Waals surface area (Å²) in [5.74, 6) is 0. The summed E-state index contributed by atoms with van der Waals surface area (Å²) in [5, 5.41) is 9.78. The lowest BCUT2D eigenvalue weighted by molar-refractivity contribution is -0.0417. The molecule has 0 amide bonds. The van der Waals surface area contributed by atoms with Crippen molar-refractivity contribution < 1.29 is 14.2 Å². The van der Waals surface area contributed by atoms with Crippen LogP contribution in [0.5, 0.6) is 0 Å². The van der Waals surface area contributed by atoms with Crippen LogP contribution in [0.1, 0.15) is 64.2 Å². The fourth-order valence-electron chi connectivity index (χ4n) is 5.46. The van der Waals surface area contributed by atoms with Crippen LogP contribution in [0, 0.1) is 0 Å². The molecule has 4 rings (SSSR count). The summed E-state index contributed by atoms with van der Waals surface area (Å²) in [6, 6.07) is 0.227. The zero-order chi connectivity index (χ0) is 25.0. The molecule has 9 heteroatoms. The summed E-state index contributed by atoms with van der Waals surface area (Å²) in [6.45, 7) is 8.97. The molecular weight excluding hydrogens is 460 g/mol. The van der Waals surface area contributed by atoms with Gasteiger partial charge in [-0.2, -0.15) is 0 Å². The number of ether oxygens (including phenoxy) is 3. The van der Waals surface area contributed by atoms with Crippen molar-refractivity contribution in [2.24, 2.45) is 0 Å². The minimum absolute atomic E-state index is 0.227. The Morgan fingerprint density at radius 2 is 1.56 bits per heavy atom. The van der Waals surface area contributed by atoms with Gasteiger partial charge in [-0.15, -0.1) is 0 Å². The van der Waals surface area contributed by atoms with Crippen LogP contribution in [0.15, 0.2) is 9.59 Å². The van der Waals surface area contributed by atoms with Gasteiger partial charge in [-0.05, 0) is 57.9 Å². The standard InChI is InChI=1S/C27H46N4O5/c32-26-24(25(27(26)33)30-21-6-5-11-28-20-21)29-12-3-1-2-4-16-35-22-7-9-23(10-8-22)36-19-15-31-13-17-34-18-14-31/h21-23,28-30H,1-20H2. The Morgan fingerprint density at radius 3 is 2.28 bits per heavy atom. The molecule has 204 valence electrons. The molecule has 0 radical (unpaired) electrons. The van der Waals surface area contributed by atoms with Gasteiger partial charge in [-0.25, -0.2) is 0 Å². The average Bonchev–Trinajstić information content (AvgIpc) is 2.93. The maximum Gasteiger partial charge on any atom is 0.253 e. The topological polar surface area (TPSA) is 101 Å². The lowest BCUT2D eigenvalue weighted by Crippen LogP contribution is -2.44. The van der Waals surface area contributed by atoms with Crippen molar-refractivity contribution >= 4 is 11.4 Å². The summed E-state index contributed by atoms with van der Waals surface area (Å²) >= 11 is 0. The lowest BCUT2D eigenvalue weighted by atomic mass is 9.95. The van der Waals surface area contributed by atoms with E-state index >= 15 is 0 Å². The molecule has 1 aromatic rings. The molecule has 0 bridgehead atoms. The van der Waals surface area contributed by atoms with E-state index in [1.807, 2.05) is 0 Å². The third-order valence-corrected chi connectivity index (χ3v) is 7.77. The van der Waals surface area contributed by atoms with E-state index < -0.39 is 0 Å². The fraction of sp³-hybridized carbons (Fsp3) is 0.852. The Morgan fingerprint density at radius 1 is 0.861 bits per heavy atom. The van der Waals surface area contributed by atoms with Crippen LogP contribution in [-0.4, -0.2) is 88.8 Å². The quantitative estimate of drug-likeness (QED) is 0.244. The monoisotopic (exact) mass is 506 g/mol. The molecule has 2 aliphatic heterocycles. The lowest BCUT2D eigenvalue weighted by Gasteiger charge is -2.30. The highest BCUT2D eigenvalue weighted by atomic mass is 16.5. The maximum atomic E-state index is 12.0. The van der Waals surface area contributed by atoms with Gasteiger partial charge in [-0.3, -0.25) is 14.5 Å². The van der Waals surface area contributed by atoms with Crippen LogP contribution in [0.3, 0.4) is 0 Å². The molecule has 3 N–H and O–H groups in total. The second kappa shape index (κ2) is 15.0. The van der Waals surface area contributed by atoms with Gasteiger partial charge < -0.3 is 30.2 Å². The maximum absolute atomic E-state index is 12.0. The molecule has 0 spiro atoms. The van der Waals surface area contributed by atoms with E-state index in [0.29, 0.717) is 23.6 Å². The third kappa shape index (κ3) is 8.52. The van der Waals surface area contributed by atoms with Crippen molar-refractivity contribution in [3.8, 4) is 0 Å². The molecule has 9 nitrogen and oxygen atoms in total. The normalized spacial score (nSPS) is 25.7. The van der Waals surface area contributed by atoms with Crippen LogP contribution in [0.2, 0.25) is 0 Å². The molecule has 36 heavy (non-hydrogen) atoms. The summed E-state index contributed by atoms with van der Waals surface area (Å²) in [7, 11) is 0. The highest BCUT2D eigenvalue weighted by molar-refractivity contribution is 5.74. The Labute approximate surface area is 215 Å². The molecule has 1 unspecified atom stereocenters. The van der Waals surface area contributed by atoms with Crippen molar-refractivity contribution in [3.63, 3.8) is 0 Å². The predicted octanol–water partition coefficient (Wildman–Crippen LogP) is 2.10. The molecule has 2 heterocycles. The SMILES string of the molecule is O=c1c(NCCCCCCOC2CCC(OCCN3CCOCC3)CC2)c(NC2CCCNC2)c1=O. The van der Waals surface area contributed by atoms with Crippen LogP contribution in [0.25, 0.3) is 0 Å². The molecule has 1 atom stereocenters. The van der Waals surface area contributed by atoms with E-state index in [2.05, 4.69) is 20.9 Å². The first-order chi connectivity index (χ1) is 17.7. The van der Waals surface area contributed by atoms with Gasteiger partial charge >= 0.3 is 0 Å². The second-order valence-electron chi connectivity index (χ2n) is 10.5. The highest BCUT2D eigenvalue weighted by Gasteiger charge is 2.24. The Hall–Kier alpha value is -1.52. The van der Waals surface area contributed by atoms with Crippen molar-refractivity contribution in [2.75, 3.05) is 76.3 Å². The van der Waals surface area contributed by atoms with Crippen LogP contribution < -0.4 is 26.8 Å². The smallest absolute Gasteiger partial charge is 0.253 e. The zero-order valence-electron chi connectivity index (χ0n) is 21.9.